The molecule has 0 spiro atoms. The molecule has 1 aromatic carbocycles. The molecule has 0 saturated carbocycles. The van der Waals surface area contributed by atoms with Gasteiger partial charge in [-0.1, -0.05) is 19.9 Å². The van der Waals surface area contributed by atoms with E-state index in [4.69, 9.17) is 5.73 Å². The summed E-state index contributed by atoms with van der Waals surface area (Å²) in [5.74, 6) is 1.78. The predicted octanol–water partition coefficient (Wildman–Crippen LogP) is 3.57. The third kappa shape index (κ3) is 2.30. The number of hydrogen-bond donors (Lipinski definition) is 1. The van der Waals surface area contributed by atoms with Crippen molar-refractivity contribution in [1.29, 1.82) is 0 Å². The van der Waals surface area contributed by atoms with Gasteiger partial charge in [0.05, 0.1) is 5.69 Å². The number of aromatic nitrogens is 1. The Kier molecular flexibility index (Phi) is 3.34. The maximum atomic E-state index is 6.16. The van der Waals surface area contributed by atoms with Crippen LogP contribution in [0.1, 0.15) is 13.8 Å². The van der Waals surface area contributed by atoms with Gasteiger partial charge in [-0.15, -0.1) is 11.8 Å². The molecule has 0 fully saturated rings. The maximum Gasteiger partial charge on any atom is 0.0533 e. The highest BCUT2D eigenvalue weighted by molar-refractivity contribution is 7.99. The van der Waals surface area contributed by atoms with Gasteiger partial charge in [0.1, 0.15) is 0 Å². The molecular weight excluding hydrogens is 216 g/mol. The van der Waals surface area contributed by atoms with E-state index in [1.165, 1.54) is 4.90 Å². The van der Waals surface area contributed by atoms with E-state index in [2.05, 4.69) is 31.0 Å². The van der Waals surface area contributed by atoms with Gasteiger partial charge in [-0.25, -0.2) is 0 Å². The first kappa shape index (κ1) is 11.3. The Labute approximate surface area is 100 Å². The van der Waals surface area contributed by atoms with Crippen molar-refractivity contribution < 1.29 is 0 Å². The second-order valence-electron chi connectivity index (χ2n) is 4.28. The molecule has 84 valence electrons. The summed E-state index contributed by atoms with van der Waals surface area (Å²) < 4.78 is 0. The fourth-order valence-corrected chi connectivity index (χ4v) is 2.50. The molecule has 1 aromatic heterocycles. The van der Waals surface area contributed by atoms with Crippen LogP contribution in [0.5, 0.6) is 0 Å². The molecule has 2 N–H and O–H groups in total. The van der Waals surface area contributed by atoms with Crippen molar-refractivity contribution in [2.24, 2.45) is 5.92 Å². The van der Waals surface area contributed by atoms with Crippen LogP contribution in [0.15, 0.2) is 35.5 Å². The van der Waals surface area contributed by atoms with E-state index in [0.29, 0.717) is 5.92 Å². The number of rotatable bonds is 3. The van der Waals surface area contributed by atoms with Crippen LogP contribution < -0.4 is 5.73 Å². The number of anilines is 1. The predicted molar refractivity (Wildman–Crippen MR) is 71.7 cm³/mol. The van der Waals surface area contributed by atoms with E-state index in [-0.39, 0.29) is 0 Å². The smallest absolute Gasteiger partial charge is 0.0533 e. The number of fused-ring (bicyclic) bond motifs is 1. The number of pyridine rings is 1. The van der Waals surface area contributed by atoms with Crippen LogP contribution >= 0.6 is 11.8 Å². The quantitative estimate of drug-likeness (QED) is 0.649. The zero-order valence-electron chi connectivity index (χ0n) is 9.60. The first-order valence-corrected chi connectivity index (χ1v) is 6.42. The van der Waals surface area contributed by atoms with Crippen LogP contribution in [0.4, 0.5) is 5.69 Å². The van der Waals surface area contributed by atoms with E-state index in [1.807, 2.05) is 24.0 Å². The second-order valence-corrected chi connectivity index (χ2v) is 5.34. The lowest BCUT2D eigenvalue weighted by molar-refractivity contribution is 0.750. The summed E-state index contributed by atoms with van der Waals surface area (Å²) in [5.41, 5.74) is 7.04. The number of hydrogen-bond acceptors (Lipinski definition) is 3. The molecule has 2 rings (SSSR count). The lowest BCUT2D eigenvalue weighted by Crippen LogP contribution is -1.94. The van der Waals surface area contributed by atoms with Crippen molar-refractivity contribution in [1.82, 2.24) is 4.98 Å². The van der Waals surface area contributed by atoms with Gasteiger partial charge in [0.25, 0.3) is 0 Å². The van der Waals surface area contributed by atoms with Crippen molar-refractivity contribution in [2.45, 2.75) is 18.7 Å². The third-order valence-electron chi connectivity index (χ3n) is 2.39. The number of nitrogens with zero attached hydrogens (tertiary/aromatic N) is 1. The van der Waals surface area contributed by atoms with Crippen LogP contribution in [0.2, 0.25) is 0 Å². The SMILES string of the molecule is CC(C)CSc1ccc2cnccc2c1N. The average molecular weight is 232 g/mol. The Morgan fingerprint density at radius 1 is 1.31 bits per heavy atom. The molecule has 0 atom stereocenters. The van der Waals surface area contributed by atoms with E-state index < -0.39 is 0 Å². The summed E-state index contributed by atoms with van der Waals surface area (Å²) in [6.45, 7) is 4.43. The molecule has 1 heterocycles. The topological polar surface area (TPSA) is 38.9 Å². The summed E-state index contributed by atoms with van der Waals surface area (Å²) in [5, 5.41) is 2.21. The van der Waals surface area contributed by atoms with Crippen molar-refractivity contribution in [3.05, 3.63) is 30.6 Å². The minimum absolute atomic E-state index is 0.678. The molecule has 0 aliphatic carbocycles. The monoisotopic (exact) mass is 232 g/mol. The number of benzene rings is 1. The molecule has 0 bridgehead atoms. The molecule has 2 nitrogen and oxygen atoms in total. The van der Waals surface area contributed by atoms with Crippen LogP contribution in [0, 0.1) is 5.92 Å². The summed E-state index contributed by atoms with van der Waals surface area (Å²) in [4.78, 5) is 5.27. The Bertz CT molecular complexity index is 494. The Morgan fingerprint density at radius 3 is 2.88 bits per heavy atom. The van der Waals surface area contributed by atoms with Gasteiger partial charge in [-0.2, -0.15) is 0 Å². The van der Waals surface area contributed by atoms with Crippen LogP contribution in [0.3, 0.4) is 0 Å². The second kappa shape index (κ2) is 4.74. The van der Waals surface area contributed by atoms with Gasteiger partial charge in [0, 0.05) is 33.8 Å². The first-order chi connectivity index (χ1) is 7.68. The Morgan fingerprint density at radius 2 is 2.12 bits per heavy atom. The highest BCUT2D eigenvalue weighted by Gasteiger charge is 2.05. The van der Waals surface area contributed by atoms with E-state index in [9.17, 15) is 0 Å². The highest BCUT2D eigenvalue weighted by Crippen LogP contribution is 2.32. The number of nitrogens with two attached hydrogens (primary N) is 1. The van der Waals surface area contributed by atoms with E-state index in [1.54, 1.807) is 6.20 Å². The summed E-state index contributed by atoms with van der Waals surface area (Å²) >= 11 is 1.82. The summed E-state index contributed by atoms with van der Waals surface area (Å²) in [6, 6.07) is 6.15. The maximum absolute atomic E-state index is 6.16. The minimum Gasteiger partial charge on any atom is -0.397 e. The van der Waals surface area contributed by atoms with Crippen LogP contribution in [-0.4, -0.2) is 10.7 Å². The zero-order chi connectivity index (χ0) is 11.5. The molecule has 0 unspecified atom stereocenters. The van der Waals surface area contributed by atoms with Crippen molar-refractivity contribution in [3.8, 4) is 0 Å². The van der Waals surface area contributed by atoms with Crippen molar-refractivity contribution in [3.63, 3.8) is 0 Å². The molecule has 0 radical (unpaired) electrons. The fourth-order valence-electron chi connectivity index (χ4n) is 1.56. The summed E-state index contributed by atoms with van der Waals surface area (Å²) in [7, 11) is 0. The Balaban J connectivity index is 2.37. The van der Waals surface area contributed by atoms with Crippen molar-refractivity contribution in [2.75, 3.05) is 11.5 Å². The molecule has 0 aliphatic heterocycles. The van der Waals surface area contributed by atoms with Gasteiger partial charge in [0.2, 0.25) is 0 Å². The first-order valence-electron chi connectivity index (χ1n) is 5.43. The number of thioether (sulfide) groups is 1. The van der Waals surface area contributed by atoms with Gasteiger partial charge in [-0.3, -0.25) is 4.98 Å². The molecule has 2 aromatic rings. The van der Waals surface area contributed by atoms with Crippen LogP contribution in [-0.2, 0) is 0 Å². The van der Waals surface area contributed by atoms with Gasteiger partial charge < -0.3 is 5.73 Å². The largest absolute Gasteiger partial charge is 0.397 e. The standard InChI is InChI=1S/C13H16N2S/c1-9(2)8-16-12-4-3-10-7-15-6-5-11(10)13(12)14/h3-7,9H,8,14H2,1-2H3. The molecule has 3 heteroatoms. The fraction of sp³-hybridized carbons (Fsp3) is 0.308. The molecular formula is C13H16N2S. The third-order valence-corrected chi connectivity index (χ3v) is 3.89. The van der Waals surface area contributed by atoms with E-state index in [0.717, 1.165) is 22.2 Å². The average Bonchev–Trinajstić information content (AvgIpc) is 2.28. The Hall–Kier alpha value is -1.22. The zero-order valence-corrected chi connectivity index (χ0v) is 10.4. The molecule has 16 heavy (non-hydrogen) atoms. The number of nitrogen functional groups attached to an aromatic ring is 1. The molecule has 0 saturated heterocycles. The van der Waals surface area contributed by atoms with Gasteiger partial charge in [0.15, 0.2) is 0 Å². The lowest BCUT2D eigenvalue weighted by atomic mass is 10.1. The lowest BCUT2D eigenvalue weighted by Gasteiger charge is -2.09. The molecule has 0 aliphatic rings. The normalized spacial score (nSPS) is 11.2. The van der Waals surface area contributed by atoms with Gasteiger partial charge in [-0.05, 0) is 18.1 Å². The summed E-state index contributed by atoms with van der Waals surface area (Å²) in [6.07, 6.45) is 3.64. The highest BCUT2D eigenvalue weighted by atomic mass is 32.2. The van der Waals surface area contributed by atoms with Crippen molar-refractivity contribution >= 4 is 28.2 Å². The van der Waals surface area contributed by atoms with Gasteiger partial charge >= 0.3 is 0 Å². The van der Waals surface area contributed by atoms with E-state index >= 15 is 0 Å². The van der Waals surface area contributed by atoms with Crippen LogP contribution in [0.25, 0.3) is 10.8 Å². The molecule has 0 amide bonds. The minimum atomic E-state index is 0.678.